The van der Waals surface area contributed by atoms with Crippen molar-refractivity contribution in [2.75, 3.05) is 33.4 Å². The van der Waals surface area contributed by atoms with Gasteiger partial charge in [-0.15, -0.1) is 0 Å². The highest BCUT2D eigenvalue weighted by Gasteiger charge is 2.28. The largest absolute Gasteiger partial charge is 0.385 e. The molecule has 1 saturated heterocycles. The fourth-order valence-corrected chi connectivity index (χ4v) is 3.97. The van der Waals surface area contributed by atoms with Gasteiger partial charge in [0.1, 0.15) is 0 Å². The SMILES string of the molecule is COCCCNC(=O)C1CCN(C(=O)c2ccc3c(c2)CCCC3)CC1. The summed E-state index contributed by atoms with van der Waals surface area (Å²) in [6.07, 6.45) is 7.00. The molecule has 1 fully saturated rings. The Hall–Kier alpha value is -1.88. The first-order chi connectivity index (χ1) is 12.7. The van der Waals surface area contributed by atoms with Gasteiger partial charge >= 0.3 is 0 Å². The standard InChI is InChI=1S/C21H30N2O3/c1-26-14-4-11-22-20(24)17-9-12-23(13-10-17)21(25)19-8-7-16-5-2-3-6-18(16)15-19/h7-8,15,17H,2-6,9-14H2,1H3,(H,22,24). The smallest absolute Gasteiger partial charge is 0.253 e. The maximum Gasteiger partial charge on any atom is 0.253 e. The molecule has 0 radical (unpaired) electrons. The van der Waals surface area contributed by atoms with E-state index in [1.165, 1.54) is 24.0 Å². The number of hydrogen-bond donors (Lipinski definition) is 1. The van der Waals surface area contributed by atoms with E-state index in [0.29, 0.717) is 26.2 Å². The van der Waals surface area contributed by atoms with Gasteiger partial charge in [-0.1, -0.05) is 6.07 Å². The molecule has 26 heavy (non-hydrogen) atoms. The number of nitrogens with zero attached hydrogens (tertiary/aromatic N) is 1. The van der Waals surface area contributed by atoms with Crippen molar-refractivity contribution in [3.8, 4) is 0 Å². The number of hydrogen-bond acceptors (Lipinski definition) is 3. The van der Waals surface area contributed by atoms with E-state index in [-0.39, 0.29) is 17.7 Å². The lowest BCUT2D eigenvalue weighted by Crippen LogP contribution is -2.43. The van der Waals surface area contributed by atoms with Crippen molar-refractivity contribution in [1.29, 1.82) is 0 Å². The van der Waals surface area contributed by atoms with Crippen LogP contribution >= 0.6 is 0 Å². The lowest BCUT2D eigenvalue weighted by atomic mass is 9.90. The van der Waals surface area contributed by atoms with E-state index in [1.807, 2.05) is 11.0 Å². The number of rotatable bonds is 6. The van der Waals surface area contributed by atoms with E-state index in [0.717, 1.165) is 37.7 Å². The molecule has 0 atom stereocenters. The molecule has 5 heteroatoms. The fraction of sp³-hybridized carbons (Fsp3) is 0.619. The molecule has 5 nitrogen and oxygen atoms in total. The number of ether oxygens (including phenoxy) is 1. The predicted molar refractivity (Wildman–Crippen MR) is 101 cm³/mol. The molecule has 142 valence electrons. The molecule has 1 aromatic carbocycles. The summed E-state index contributed by atoms with van der Waals surface area (Å²) in [4.78, 5) is 26.9. The van der Waals surface area contributed by atoms with E-state index in [9.17, 15) is 9.59 Å². The third kappa shape index (κ3) is 4.64. The van der Waals surface area contributed by atoms with E-state index in [1.54, 1.807) is 7.11 Å². The Balaban J connectivity index is 1.50. The van der Waals surface area contributed by atoms with Crippen LogP contribution in [0.4, 0.5) is 0 Å². The van der Waals surface area contributed by atoms with Crippen LogP contribution in [0, 0.1) is 5.92 Å². The van der Waals surface area contributed by atoms with Gasteiger partial charge in [0, 0.05) is 44.8 Å². The van der Waals surface area contributed by atoms with Gasteiger partial charge in [-0.2, -0.15) is 0 Å². The van der Waals surface area contributed by atoms with E-state index >= 15 is 0 Å². The molecule has 0 spiro atoms. The van der Waals surface area contributed by atoms with Gasteiger partial charge in [-0.3, -0.25) is 9.59 Å². The molecule has 1 aliphatic heterocycles. The molecule has 1 N–H and O–H groups in total. The fourth-order valence-electron chi connectivity index (χ4n) is 3.97. The summed E-state index contributed by atoms with van der Waals surface area (Å²) in [6.45, 7) is 2.63. The zero-order chi connectivity index (χ0) is 18.4. The number of nitrogens with one attached hydrogen (secondary N) is 1. The van der Waals surface area contributed by atoms with Crippen molar-refractivity contribution in [2.24, 2.45) is 5.92 Å². The third-order valence-corrected chi connectivity index (χ3v) is 5.57. The summed E-state index contributed by atoms with van der Waals surface area (Å²) < 4.78 is 4.99. The van der Waals surface area contributed by atoms with Gasteiger partial charge in [0.15, 0.2) is 0 Å². The number of benzene rings is 1. The summed E-state index contributed by atoms with van der Waals surface area (Å²) in [5.41, 5.74) is 3.54. The van der Waals surface area contributed by atoms with Gasteiger partial charge in [0.05, 0.1) is 0 Å². The van der Waals surface area contributed by atoms with Crippen LogP contribution in [0.1, 0.15) is 53.6 Å². The zero-order valence-corrected chi connectivity index (χ0v) is 15.8. The molecule has 0 unspecified atom stereocenters. The average molecular weight is 358 g/mol. The Kier molecular flexibility index (Phi) is 6.67. The highest BCUT2D eigenvalue weighted by atomic mass is 16.5. The van der Waals surface area contributed by atoms with Crippen LogP contribution in [0.3, 0.4) is 0 Å². The van der Waals surface area contributed by atoms with Gasteiger partial charge in [-0.25, -0.2) is 0 Å². The quantitative estimate of drug-likeness (QED) is 0.795. The molecule has 1 heterocycles. The molecule has 1 aliphatic carbocycles. The zero-order valence-electron chi connectivity index (χ0n) is 15.8. The molecule has 2 amide bonds. The lowest BCUT2D eigenvalue weighted by Gasteiger charge is -2.31. The summed E-state index contributed by atoms with van der Waals surface area (Å²) >= 11 is 0. The van der Waals surface area contributed by atoms with Crippen LogP contribution < -0.4 is 5.32 Å². The normalized spacial score (nSPS) is 17.7. The minimum Gasteiger partial charge on any atom is -0.385 e. The Bertz CT molecular complexity index is 636. The van der Waals surface area contributed by atoms with Crippen LogP contribution in [0.25, 0.3) is 0 Å². The Morgan fingerprint density at radius 3 is 2.62 bits per heavy atom. The van der Waals surface area contributed by atoms with Gasteiger partial charge in [0.2, 0.25) is 5.91 Å². The summed E-state index contributed by atoms with van der Waals surface area (Å²) in [6, 6.07) is 6.19. The van der Waals surface area contributed by atoms with Crippen molar-refractivity contribution in [3.05, 3.63) is 34.9 Å². The third-order valence-electron chi connectivity index (χ3n) is 5.57. The van der Waals surface area contributed by atoms with E-state index in [2.05, 4.69) is 17.4 Å². The molecule has 2 aliphatic rings. The van der Waals surface area contributed by atoms with Gasteiger partial charge < -0.3 is 15.0 Å². The van der Waals surface area contributed by atoms with Crippen LogP contribution in [0.15, 0.2) is 18.2 Å². The van der Waals surface area contributed by atoms with Crippen molar-refractivity contribution in [2.45, 2.75) is 44.9 Å². The Labute approximate surface area is 156 Å². The van der Waals surface area contributed by atoms with Crippen LogP contribution in [-0.4, -0.2) is 50.1 Å². The van der Waals surface area contributed by atoms with E-state index < -0.39 is 0 Å². The first kappa shape index (κ1) is 18.9. The van der Waals surface area contributed by atoms with Crippen molar-refractivity contribution < 1.29 is 14.3 Å². The number of piperidine rings is 1. The minimum atomic E-state index is 0.0186. The first-order valence-corrected chi connectivity index (χ1v) is 9.87. The summed E-state index contributed by atoms with van der Waals surface area (Å²) in [7, 11) is 1.66. The molecule has 0 bridgehead atoms. The lowest BCUT2D eigenvalue weighted by molar-refractivity contribution is -0.126. The number of methoxy groups -OCH3 is 1. The van der Waals surface area contributed by atoms with E-state index in [4.69, 9.17) is 4.74 Å². The summed E-state index contributed by atoms with van der Waals surface area (Å²) in [5.74, 6) is 0.240. The number of carbonyl (C=O) groups is 2. The predicted octanol–water partition coefficient (Wildman–Crippen LogP) is 2.57. The van der Waals surface area contributed by atoms with Crippen LogP contribution in [-0.2, 0) is 22.4 Å². The number of likely N-dealkylation sites (tertiary alicyclic amines) is 1. The topological polar surface area (TPSA) is 58.6 Å². The monoisotopic (exact) mass is 358 g/mol. The van der Waals surface area contributed by atoms with Gasteiger partial charge in [-0.05, 0) is 68.2 Å². The molecule has 3 rings (SSSR count). The summed E-state index contributed by atoms with van der Waals surface area (Å²) in [5, 5.41) is 2.97. The number of carbonyl (C=O) groups excluding carboxylic acids is 2. The van der Waals surface area contributed by atoms with Crippen molar-refractivity contribution >= 4 is 11.8 Å². The van der Waals surface area contributed by atoms with Crippen LogP contribution in [0.2, 0.25) is 0 Å². The van der Waals surface area contributed by atoms with Gasteiger partial charge in [0.25, 0.3) is 5.91 Å². The molecule has 1 aromatic rings. The maximum atomic E-state index is 12.8. The first-order valence-electron chi connectivity index (χ1n) is 9.87. The minimum absolute atomic E-state index is 0.0186. The Morgan fingerprint density at radius 2 is 1.88 bits per heavy atom. The second-order valence-electron chi connectivity index (χ2n) is 7.39. The number of aryl methyl sites for hydroxylation is 2. The van der Waals surface area contributed by atoms with Crippen molar-refractivity contribution in [1.82, 2.24) is 10.2 Å². The number of amides is 2. The second kappa shape index (κ2) is 9.17. The molecular weight excluding hydrogens is 328 g/mol. The van der Waals surface area contributed by atoms with Crippen LogP contribution in [0.5, 0.6) is 0 Å². The average Bonchev–Trinajstić information content (AvgIpc) is 2.70. The highest BCUT2D eigenvalue weighted by Crippen LogP contribution is 2.24. The van der Waals surface area contributed by atoms with Crippen molar-refractivity contribution in [3.63, 3.8) is 0 Å². The number of fused-ring (bicyclic) bond motifs is 1. The highest BCUT2D eigenvalue weighted by molar-refractivity contribution is 5.94. The maximum absolute atomic E-state index is 12.8. The molecular formula is C21H30N2O3. The second-order valence-corrected chi connectivity index (χ2v) is 7.39. The Morgan fingerprint density at radius 1 is 1.15 bits per heavy atom. The molecule has 0 aromatic heterocycles. The molecule has 0 saturated carbocycles.